The van der Waals surface area contributed by atoms with E-state index in [-0.39, 0.29) is 17.9 Å². The van der Waals surface area contributed by atoms with E-state index in [9.17, 15) is 9.59 Å². The number of anilines is 4. The number of nitrogens with one attached hydrogen (secondary N) is 6. The summed E-state index contributed by atoms with van der Waals surface area (Å²) in [7, 11) is 3.72. The maximum Gasteiger partial charge on any atom is 0.261 e. The Morgan fingerprint density at radius 2 is 1.35 bits per heavy atom. The maximum absolute atomic E-state index is 13.7. The molecule has 68 heavy (non-hydrogen) atoms. The topological polar surface area (TPSA) is 194 Å². The molecule has 2 aromatic carbocycles. The van der Waals surface area contributed by atoms with E-state index in [1.54, 1.807) is 56.8 Å². The lowest BCUT2D eigenvalue weighted by Gasteiger charge is -2.25. The van der Waals surface area contributed by atoms with Crippen LogP contribution < -0.4 is 31.9 Å². The van der Waals surface area contributed by atoms with Gasteiger partial charge in [-0.1, -0.05) is 24.3 Å². The Kier molecular flexibility index (Phi) is 12.9. The monoisotopic (exact) mass is 944 g/mol. The van der Waals surface area contributed by atoms with Gasteiger partial charge in [0.25, 0.3) is 11.8 Å². The average molecular weight is 945 g/mol. The first-order chi connectivity index (χ1) is 33.1. The van der Waals surface area contributed by atoms with Crippen LogP contribution in [0.2, 0.25) is 0 Å². The summed E-state index contributed by atoms with van der Waals surface area (Å²) < 4.78 is 3.44. The average Bonchev–Trinajstić information content (AvgIpc) is 4.17. The highest BCUT2D eigenvalue weighted by Gasteiger charge is 2.26. The summed E-state index contributed by atoms with van der Waals surface area (Å²) in [6.45, 7) is 6.64. The molecule has 10 rings (SSSR count). The van der Waals surface area contributed by atoms with Gasteiger partial charge in [-0.2, -0.15) is 10.2 Å². The van der Waals surface area contributed by atoms with Gasteiger partial charge in [-0.05, 0) is 109 Å². The summed E-state index contributed by atoms with van der Waals surface area (Å²) >= 11 is 3.18. The Balaban J connectivity index is 0.823. The normalized spacial score (nSPS) is 15.4. The summed E-state index contributed by atoms with van der Waals surface area (Å²) in [6, 6.07) is 20.9. The van der Waals surface area contributed by atoms with E-state index in [4.69, 9.17) is 9.97 Å². The lowest BCUT2D eigenvalue weighted by Crippen LogP contribution is -2.31. The van der Waals surface area contributed by atoms with Crippen molar-refractivity contribution in [3.05, 3.63) is 151 Å². The van der Waals surface area contributed by atoms with E-state index in [0.29, 0.717) is 35.9 Å². The van der Waals surface area contributed by atoms with E-state index in [0.717, 1.165) is 99.8 Å². The zero-order valence-electron chi connectivity index (χ0n) is 38.3. The fourth-order valence-electron chi connectivity index (χ4n) is 8.77. The van der Waals surface area contributed by atoms with Crippen molar-refractivity contribution in [2.24, 2.45) is 14.1 Å². The van der Waals surface area contributed by atoms with Gasteiger partial charge < -0.3 is 31.9 Å². The van der Waals surface area contributed by atoms with E-state index >= 15 is 0 Å². The molecule has 2 amide bonds. The van der Waals surface area contributed by atoms with Gasteiger partial charge in [0.2, 0.25) is 11.9 Å². The van der Waals surface area contributed by atoms with Crippen LogP contribution in [0, 0.1) is 6.92 Å². The fourth-order valence-corrected chi connectivity index (χ4v) is 11.1. The molecule has 8 aromatic rings. The number of nitrogens with zero attached hydrogens (tertiary/aromatic N) is 8. The van der Waals surface area contributed by atoms with Gasteiger partial charge in [-0.25, -0.2) is 19.9 Å². The molecule has 2 aliphatic rings. The number of hydrogen-bond donors (Lipinski definition) is 6. The number of amides is 2. The highest BCUT2D eigenvalue weighted by Crippen LogP contribution is 2.35. The molecule has 2 unspecified atom stereocenters. The molecule has 0 fully saturated rings. The number of aromatic nitrogens is 8. The lowest BCUT2D eigenvalue weighted by molar-refractivity contribution is 0.0946. The molecule has 346 valence electrons. The van der Waals surface area contributed by atoms with Crippen molar-refractivity contribution in [3.8, 4) is 22.5 Å². The quantitative estimate of drug-likeness (QED) is 0.0588. The van der Waals surface area contributed by atoms with Gasteiger partial charge in [0.15, 0.2) is 0 Å². The van der Waals surface area contributed by atoms with Crippen LogP contribution in [0.5, 0.6) is 0 Å². The number of carbonyl (C=O) groups excluding carboxylic acids is 2. The molecule has 6 aromatic heterocycles. The minimum absolute atomic E-state index is 0.0575. The largest absolute Gasteiger partial charge is 0.347 e. The van der Waals surface area contributed by atoms with E-state index in [1.807, 2.05) is 56.8 Å². The predicted octanol–water partition coefficient (Wildman–Crippen LogP) is 7.70. The van der Waals surface area contributed by atoms with Crippen LogP contribution in [0.15, 0.2) is 97.8 Å². The Morgan fingerprint density at radius 1 is 0.735 bits per heavy atom. The third kappa shape index (κ3) is 10.2. The second-order valence-corrected chi connectivity index (χ2v) is 19.7. The minimum Gasteiger partial charge on any atom is -0.347 e. The maximum atomic E-state index is 13.7. The fraction of sp³-hybridized carbons (Fsp3) is 0.280. The second kappa shape index (κ2) is 19.6. The van der Waals surface area contributed by atoms with Crippen molar-refractivity contribution >= 4 is 57.8 Å². The zero-order chi connectivity index (χ0) is 46.7. The van der Waals surface area contributed by atoms with Gasteiger partial charge in [0.1, 0.15) is 0 Å². The van der Waals surface area contributed by atoms with Gasteiger partial charge in [0, 0.05) is 98.0 Å². The Hall–Kier alpha value is -7.12. The standard InChI is InChI=1S/C50H52N14O2S2/c1-29-17-32(40-11-14-52-49(61-40)59-37-25-57-63(3)27-37)5-7-34(29)22-55-48(66)46-21-39-42(51-16-13-43(39)67-46)10-9-31-19-33(41-12-15-53-50(62-41)60-38-26-58-64(4)28-38)6-8-35(31)23-56-47(65)45-20-36-24-54-30(2)18-44(36)68-45/h5-8,11-12,14-15,17,19-21,25-28,30,42,51,54H,9-10,13,16,18,22-24H2,1-4H3,(H,55,66)(H,56,65)(H,52,59,61)(H,53,60,62). The van der Waals surface area contributed by atoms with Crippen LogP contribution in [0.4, 0.5) is 23.3 Å². The molecule has 0 saturated carbocycles. The molecule has 8 heterocycles. The van der Waals surface area contributed by atoms with E-state index in [1.165, 1.54) is 20.9 Å². The van der Waals surface area contributed by atoms with Crippen LogP contribution in [0.25, 0.3) is 22.5 Å². The third-order valence-electron chi connectivity index (χ3n) is 12.4. The molecule has 16 nitrogen and oxygen atoms in total. The SMILES string of the molecule is Cc1cc(-c2ccnc(Nc3cnn(C)c3)n2)ccc1CNC(=O)c1cc2c(s1)CCNC2CCc1cc(-c2ccnc(Nc3cnn(C)c3)n2)ccc1CNC(=O)c1cc2c(s1)CC(C)NC2. The van der Waals surface area contributed by atoms with E-state index < -0.39 is 0 Å². The zero-order valence-corrected chi connectivity index (χ0v) is 39.9. The molecule has 18 heteroatoms. The molecular formula is C50H52N14O2S2. The van der Waals surface area contributed by atoms with Crippen LogP contribution in [0.1, 0.15) is 81.9 Å². The van der Waals surface area contributed by atoms with Crippen LogP contribution in [-0.2, 0) is 53.0 Å². The first-order valence-corrected chi connectivity index (χ1v) is 24.4. The van der Waals surface area contributed by atoms with Gasteiger partial charge in [-0.3, -0.25) is 19.0 Å². The molecule has 0 radical (unpaired) electrons. The Labute approximate surface area is 402 Å². The smallest absolute Gasteiger partial charge is 0.261 e. The van der Waals surface area contributed by atoms with Crippen LogP contribution in [0.3, 0.4) is 0 Å². The Bertz CT molecular complexity index is 3130. The van der Waals surface area contributed by atoms with Gasteiger partial charge in [0.05, 0.1) is 44.9 Å². The van der Waals surface area contributed by atoms with Crippen molar-refractivity contribution in [1.29, 1.82) is 0 Å². The van der Waals surface area contributed by atoms with Crippen molar-refractivity contribution in [2.75, 3.05) is 17.2 Å². The Morgan fingerprint density at radius 3 is 2.00 bits per heavy atom. The van der Waals surface area contributed by atoms with Crippen molar-refractivity contribution in [1.82, 2.24) is 60.8 Å². The summed E-state index contributed by atoms with van der Waals surface area (Å²) in [5.74, 6) is 0.822. The number of fused-ring (bicyclic) bond motifs is 2. The molecule has 0 bridgehead atoms. The molecular weight excluding hydrogens is 893 g/mol. The molecule has 0 aliphatic carbocycles. The second-order valence-electron chi connectivity index (χ2n) is 17.4. The first kappa shape index (κ1) is 44.7. The van der Waals surface area contributed by atoms with Crippen molar-refractivity contribution < 1.29 is 9.59 Å². The minimum atomic E-state index is -0.0844. The summed E-state index contributed by atoms with van der Waals surface area (Å²) in [4.78, 5) is 49.7. The van der Waals surface area contributed by atoms with Gasteiger partial charge in [-0.15, -0.1) is 22.7 Å². The van der Waals surface area contributed by atoms with Crippen molar-refractivity contribution in [3.63, 3.8) is 0 Å². The van der Waals surface area contributed by atoms with Crippen LogP contribution >= 0.6 is 22.7 Å². The van der Waals surface area contributed by atoms with E-state index in [2.05, 4.69) is 96.2 Å². The van der Waals surface area contributed by atoms with Crippen LogP contribution in [-0.4, -0.2) is 63.9 Å². The lowest BCUT2D eigenvalue weighted by atomic mass is 9.92. The number of rotatable bonds is 15. The molecule has 2 atom stereocenters. The molecule has 0 saturated heterocycles. The summed E-state index contributed by atoms with van der Waals surface area (Å²) in [6.07, 6.45) is 14.0. The molecule has 6 N–H and O–H groups in total. The molecule has 2 aliphatic heterocycles. The summed E-state index contributed by atoms with van der Waals surface area (Å²) in [5.41, 5.74) is 11.7. The molecule has 0 spiro atoms. The van der Waals surface area contributed by atoms with Crippen molar-refractivity contribution in [2.45, 2.75) is 71.2 Å². The summed E-state index contributed by atoms with van der Waals surface area (Å²) in [5, 5.41) is 28.6. The third-order valence-corrected chi connectivity index (χ3v) is 14.8. The first-order valence-electron chi connectivity index (χ1n) is 22.7. The highest BCUT2D eigenvalue weighted by molar-refractivity contribution is 7.14. The number of carbonyl (C=O) groups is 2. The number of aryl methyl sites for hydroxylation is 4. The number of hydrogen-bond acceptors (Lipinski definition) is 14. The number of benzene rings is 2. The predicted molar refractivity (Wildman–Crippen MR) is 266 cm³/mol. The number of thiophene rings is 2. The van der Waals surface area contributed by atoms with Gasteiger partial charge >= 0.3 is 0 Å². The highest BCUT2D eigenvalue weighted by atomic mass is 32.1.